The van der Waals surface area contributed by atoms with Crippen molar-refractivity contribution in [1.29, 1.82) is 0 Å². The topological polar surface area (TPSA) is 106 Å². The van der Waals surface area contributed by atoms with Gasteiger partial charge in [0.15, 0.2) is 5.82 Å². The standard InChI is InChI=1S/C26H30N4O5/c1-18(17-31)34-22-14-20(25(32)27-24-10-13-29(2)28-24)15-23(16-22)35-21-8-6-19(7-9-21)26(33)30-11-4-3-5-12-30/h6-10,13-16,18,31H,3-5,11-12,17H2,1-2H3,(H,27,28,32)/t18-/m0/s1. The zero-order valence-electron chi connectivity index (χ0n) is 19.9. The molecule has 1 aliphatic heterocycles. The number of piperidine rings is 1. The number of benzene rings is 2. The lowest BCUT2D eigenvalue weighted by molar-refractivity contribution is 0.0724. The summed E-state index contributed by atoms with van der Waals surface area (Å²) in [7, 11) is 1.76. The van der Waals surface area contributed by atoms with Crippen LogP contribution < -0.4 is 14.8 Å². The highest BCUT2D eigenvalue weighted by Crippen LogP contribution is 2.29. The number of likely N-dealkylation sites (tertiary alicyclic amines) is 1. The van der Waals surface area contributed by atoms with E-state index in [0.717, 1.165) is 32.4 Å². The molecule has 0 saturated carbocycles. The van der Waals surface area contributed by atoms with Crippen LogP contribution in [0.5, 0.6) is 17.2 Å². The van der Waals surface area contributed by atoms with Gasteiger partial charge in [-0.05, 0) is 62.6 Å². The number of aliphatic hydroxyl groups excluding tert-OH is 1. The molecule has 0 spiro atoms. The molecule has 0 unspecified atom stereocenters. The van der Waals surface area contributed by atoms with E-state index < -0.39 is 6.10 Å². The molecule has 0 radical (unpaired) electrons. The van der Waals surface area contributed by atoms with Gasteiger partial charge in [0.2, 0.25) is 0 Å². The van der Waals surface area contributed by atoms with Crippen LogP contribution in [0, 0.1) is 0 Å². The molecule has 2 heterocycles. The lowest BCUT2D eigenvalue weighted by Crippen LogP contribution is -2.35. The first kappa shape index (κ1) is 24.3. The molecular formula is C26H30N4O5. The van der Waals surface area contributed by atoms with Crippen LogP contribution in [0.15, 0.2) is 54.7 Å². The van der Waals surface area contributed by atoms with Crippen LogP contribution >= 0.6 is 0 Å². The highest BCUT2D eigenvalue weighted by atomic mass is 16.5. The number of amides is 2. The van der Waals surface area contributed by atoms with E-state index in [-0.39, 0.29) is 18.4 Å². The Balaban J connectivity index is 1.52. The van der Waals surface area contributed by atoms with E-state index >= 15 is 0 Å². The zero-order chi connectivity index (χ0) is 24.8. The molecule has 2 N–H and O–H groups in total. The Hall–Kier alpha value is -3.85. The molecule has 184 valence electrons. The van der Waals surface area contributed by atoms with E-state index in [4.69, 9.17) is 9.47 Å². The predicted molar refractivity (Wildman–Crippen MR) is 131 cm³/mol. The number of aryl methyl sites for hydroxylation is 1. The molecule has 4 rings (SSSR count). The summed E-state index contributed by atoms with van der Waals surface area (Å²) in [5, 5.41) is 16.3. The molecule has 3 aromatic rings. The smallest absolute Gasteiger partial charge is 0.257 e. The van der Waals surface area contributed by atoms with Crippen LogP contribution in [0.1, 0.15) is 46.9 Å². The van der Waals surface area contributed by atoms with Crippen LogP contribution in [0.4, 0.5) is 5.82 Å². The molecule has 0 aliphatic carbocycles. The second kappa shape index (κ2) is 11.1. The number of ether oxygens (including phenoxy) is 2. The van der Waals surface area contributed by atoms with Crippen molar-refractivity contribution < 1.29 is 24.2 Å². The Morgan fingerprint density at radius 1 is 1.00 bits per heavy atom. The van der Waals surface area contributed by atoms with Crippen molar-refractivity contribution in [2.24, 2.45) is 7.05 Å². The lowest BCUT2D eigenvalue weighted by Gasteiger charge is -2.26. The number of anilines is 1. The summed E-state index contributed by atoms with van der Waals surface area (Å²) in [4.78, 5) is 27.4. The molecule has 0 bridgehead atoms. The average molecular weight is 479 g/mol. The minimum absolute atomic E-state index is 0.0260. The molecule has 9 nitrogen and oxygen atoms in total. The third-order valence-corrected chi connectivity index (χ3v) is 5.67. The SMILES string of the molecule is C[C@@H](CO)Oc1cc(Oc2ccc(C(=O)N3CCCCC3)cc2)cc(C(=O)Nc2ccn(C)n2)c1. The predicted octanol–water partition coefficient (Wildman–Crippen LogP) is 3.85. The zero-order valence-corrected chi connectivity index (χ0v) is 19.9. The van der Waals surface area contributed by atoms with Gasteiger partial charge in [-0.2, -0.15) is 5.10 Å². The third-order valence-electron chi connectivity index (χ3n) is 5.67. The van der Waals surface area contributed by atoms with Gasteiger partial charge >= 0.3 is 0 Å². The summed E-state index contributed by atoms with van der Waals surface area (Å²) in [5.74, 6) is 1.35. The molecule has 1 aliphatic rings. The number of aliphatic hydroxyl groups is 1. The van der Waals surface area contributed by atoms with E-state index in [0.29, 0.717) is 34.2 Å². The molecule has 1 aromatic heterocycles. The first-order valence-electron chi connectivity index (χ1n) is 11.7. The van der Waals surface area contributed by atoms with Gasteiger partial charge in [-0.15, -0.1) is 0 Å². The van der Waals surface area contributed by atoms with Crippen LogP contribution in [-0.4, -0.2) is 57.4 Å². The molecule has 2 amide bonds. The summed E-state index contributed by atoms with van der Waals surface area (Å²) >= 11 is 0. The van der Waals surface area contributed by atoms with Crippen molar-refractivity contribution in [3.05, 3.63) is 65.9 Å². The van der Waals surface area contributed by atoms with Gasteiger partial charge in [0.05, 0.1) is 6.61 Å². The number of nitrogens with one attached hydrogen (secondary N) is 1. The Morgan fingerprint density at radius 2 is 1.71 bits per heavy atom. The van der Waals surface area contributed by atoms with Gasteiger partial charge in [0.25, 0.3) is 11.8 Å². The van der Waals surface area contributed by atoms with E-state index in [2.05, 4.69) is 10.4 Å². The Morgan fingerprint density at radius 3 is 2.37 bits per heavy atom. The highest BCUT2D eigenvalue weighted by Gasteiger charge is 2.18. The molecule has 35 heavy (non-hydrogen) atoms. The van der Waals surface area contributed by atoms with Crippen molar-refractivity contribution in [2.45, 2.75) is 32.3 Å². The van der Waals surface area contributed by atoms with Gasteiger partial charge in [-0.1, -0.05) is 0 Å². The lowest BCUT2D eigenvalue weighted by atomic mass is 10.1. The first-order chi connectivity index (χ1) is 16.9. The summed E-state index contributed by atoms with van der Waals surface area (Å²) in [6.07, 6.45) is 4.51. The fourth-order valence-corrected chi connectivity index (χ4v) is 3.85. The number of nitrogens with zero attached hydrogens (tertiary/aromatic N) is 3. The van der Waals surface area contributed by atoms with Gasteiger partial charge in [0.1, 0.15) is 23.4 Å². The monoisotopic (exact) mass is 478 g/mol. The summed E-state index contributed by atoms with van der Waals surface area (Å²) in [5.41, 5.74) is 0.925. The second-order valence-corrected chi connectivity index (χ2v) is 8.61. The van der Waals surface area contributed by atoms with E-state index in [1.807, 2.05) is 4.90 Å². The number of hydrogen-bond donors (Lipinski definition) is 2. The number of carbonyl (C=O) groups excluding carboxylic acids is 2. The van der Waals surface area contributed by atoms with Crippen LogP contribution in [0.3, 0.4) is 0 Å². The fraction of sp³-hybridized carbons (Fsp3) is 0.346. The Bertz CT molecular complexity index is 1170. The van der Waals surface area contributed by atoms with Gasteiger partial charge in [-0.3, -0.25) is 14.3 Å². The van der Waals surface area contributed by atoms with Crippen molar-refractivity contribution in [3.63, 3.8) is 0 Å². The van der Waals surface area contributed by atoms with Crippen LogP contribution in [-0.2, 0) is 7.05 Å². The third kappa shape index (κ3) is 6.39. The number of aromatic nitrogens is 2. The van der Waals surface area contributed by atoms with Crippen molar-refractivity contribution in [1.82, 2.24) is 14.7 Å². The highest BCUT2D eigenvalue weighted by molar-refractivity contribution is 6.04. The fourth-order valence-electron chi connectivity index (χ4n) is 3.85. The Kier molecular flexibility index (Phi) is 7.67. The van der Waals surface area contributed by atoms with Crippen LogP contribution in [0.2, 0.25) is 0 Å². The largest absolute Gasteiger partial charge is 0.488 e. The van der Waals surface area contributed by atoms with Crippen LogP contribution in [0.25, 0.3) is 0 Å². The maximum Gasteiger partial charge on any atom is 0.257 e. The second-order valence-electron chi connectivity index (χ2n) is 8.61. The van der Waals surface area contributed by atoms with Gasteiger partial charge in [-0.25, -0.2) is 0 Å². The maximum absolute atomic E-state index is 12.8. The molecule has 2 aromatic carbocycles. The van der Waals surface area contributed by atoms with E-state index in [9.17, 15) is 14.7 Å². The van der Waals surface area contributed by atoms with E-state index in [1.54, 1.807) is 73.4 Å². The molecular weight excluding hydrogens is 448 g/mol. The minimum atomic E-state index is -0.461. The van der Waals surface area contributed by atoms with Gasteiger partial charge in [0, 0.05) is 49.6 Å². The first-order valence-corrected chi connectivity index (χ1v) is 11.7. The van der Waals surface area contributed by atoms with E-state index in [1.165, 1.54) is 0 Å². The molecule has 1 saturated heterocycles. The summed E-state index contributed by atoms with van der Waals surface area (Å²) in [6.45, 7) is 3.13. The number of carbonyl (C=O) groups is 2. The van der Waals surface area contributed by atoms with Crippen molar-refractivity contribution >= 4 is 17.6 Å². The average Bonchev–Trinajstić information content (AvgIpc) is 3.28. The Labute approximate surface area is 204 Å². The normalized spacial score (nSPS) is 14.3. The van der Waals surface area contributed by atoms with Gasteiger partial charge < -0.3 is 24.8 Å². The van der Waals surface area contributed by atoms with Crippen molar-refractivity contribution in [2.75, 3.05) is 25.0 Å². The maximum atomic E-state index is 12.8. The minimum Gasteiger partial charge on any atom is -0.488 e. The number of hydrogen-bond acceptors (Lipinski definition) is 6. The summed E-state index contributed by atoms with van der Waals surface area (Å²) in [6, 6.07) is 13.5. The van der Waals surface area contributed by atoms with Crippen molar-refractivity contribution in [3.8, 4) is 17.2 Å². The quantitative estimate of drug-likeness (QED) is 0.509. The molecule has 9 heteroatoms. The summed E-state index contributed by atoms with van der Waals surface area (Å²) < 4.78 is 13.3. The molecule has 1 fully saturated rings. The number of rotatable bonds is 8. The molecule has 1 atom stereocenters.